The number of ether oxygens (including phenoxy) is 2. The first-order valence-corrected chi connectivity index (χ1v) is 9.65. The average Bonchev–Trinajstić information content (AvgIpc) is 3.26. The number of hydrogen-bond acceptors (Lipinski definition) is 7. The van der Waals surface area contributed by atoms with Crippen molar-refractivity contribution >= 4 is 32.6 Å². The van der Waals surface area contributed by atoms with Crippen LogP contribution in [0.5, 0.6) is 11.6 Å². The Labute approximate surface area is 168 Å². The third-order valence-corrected chi connectivity index (χ3v) is 5.59. The van der Waals surface area contributed by atoms with Crippen molar-refractivity contribution in [1.82, 2.24) is 19.7 Å². The Morgan fingerprint density at radius 2 is 1.96 bits per heavy atom. The van der Waals surface area contributed by atoms with Crippen molar-refractivity contribution in [1.29, 1.82) is 0 Å². The number of anilines is 1. The summed E-state index contributed by atoms with van der Waals surface area (Å²) in [7, 11) is 8.83. The number of thiazole rings is 1. The SMILES string of the molecule is COc1nn(C)cc1C(=O)N(CCN(C)C)c1nc2c(OC)ccc(C)c2s1. The number of hydrogen-bond donors (Lipinski definition) is 0. The zero-order valence-corrected chi connectivity index (χ0v) is 17.8. The highest BCUT2D eigenvalue weighted by molar-refractivity contribution is 7.22. The maximum absolute atomic E-state index is 13.4. The summed E-state index contributed by atoms with van der Waals surface area (Å²) in [6.45, 7) is 3.21. The number of fused-ring (bicyclic) bond motifs is 1. The Hall–Kier alpha value is -2.65. The lowest BCUT2D eigenvalue weighted by molar-refractivity contribution is 0.0982. The van der Waals surface area contributed by atoms with E-state index in [-0.39, 0.29) is 5.91 Å². The van der Waals surface area contributed by atoms with E-state index in [0.717, 1.165) is 15.8 Å². The van der Waals surface area contributed by atoms with Crippen LogP contribution in [0, 0.1) is 6.92 Å². The molecule has 3 aromatic rings. The normalized spacial score (nSPS) is 11.2. The largest absolute Gasteiger partial charge is 0.494 e. The molecule has 9 heteroatoms. The van der Waals surface area contributed by atoms with E-state index in [0.29, 0.717) is 35.4 Å². The first kappa shape index (κ1) is 20.1. The van der Waals surface area contributed by atoms with Crippen LogP contribution >= 0.6 is 11.3 Å². The van der Waals surface area contributed by atoms with Gasteiger partial charge in [-0.15, -0.1) is 5.10 Å². The molecule has 3 rings (SSSR count). The topological polar surface area (TPSA) is 72.7 Å². The summed E-state index contributed by atoms with van der Waals surface area (Å²) in [6.07, 6.45) is 1.67. The van der Waals surface area contributed by atoms with E-state index in [2.05, 4.69) is 5.10 Å². The minimum Gasteiger partial charge on any atom is -0.494 e. The van der Waals surface area contributed by atoms with E-state index in [1.165, 1.54) is 18.4 Å². The van der Waals surface area contributed by atoms with Crippen molar-refractivity contribution in [2.24, 2.45) is 7.05 Å². The standard InChI is InChI=1S/C19H25N5O3S/c1-12-7-8-14(26-5)15-16(12)28-19(20-15)24(10-9-22(2)3)18(25)13-11-23(4)21-17(13)27-6/h7-8,11H,9-10H2,1-6H3. The lowest BCUT2D eigenvalue weighted by Gasteiger charge is -2.21. The molecule has 0 unspecified atom stereocenters. The van der Waals surface area contributed by atoms with Gasteiger partial charge in [0.15, 0.2) is 5.13 Å². The minimum atomic E-state index is -0.192. The highest BCUT2D eigenvalue weighted by atomic mass is 32.1. The molecule has 0 aliphatic heterocycles. The van der Waals surface area contributed by atoms with Gasteiger partial charge in [0.2, 0.25) is 5.88 Å². The Morgan fingerprint density at radius 1 is 1.21 bits per heavy atom. The number of rotatable bonds is 7. The van der Waals surface area contributed by atoms with Crippen molar-refractivity contribution in [3.8, 4) is 11.6 Å². The molecule has 0 aliphatic carbocycles. The molecule has 1 amide bonds. The molecule has 0 N–H and O–H groups in total. The van der Waals surface area contributed by atoms with Gasteiger partial charge in [0.05, 0.1) is 18.9 Å². The molecule has 0 aliphatic rings. The van der Waals surface area contributed by atoms with Gasteiger partial charge in [-0.2, -0.15) is 0 Å². The van der Waals surface area contributed by atoms with Crippen LogP contribution in [0.1, 0.15) is 15.9 Å². The lowest BCUT2D eigenvalue weighted by atomic mass is 10.2. The number of likely N-dealkylation sites (N-methyl/N-ethyl adjacent to an activating group) is 1. The number of carbonyl (C=O) groups excluding carboxylic acids is 1. The average molecular weight is 404 g/mol. The maximum Gasteiger partial charge on any atom is 0.267 e. The smallest absolute Gasteiger partial charge is 0.267 e. The molecular formula is C19H25N5O3S. The van der Waals surface area contributed by atoms with E-state index >= 15 is 0 Å². The van der Waals surface area contributed by atoms with Crippen LogP contribution in [0.25, 0.3) is 10.2 Å². The number of benzene rings is 1. The molecule has 0 radical (unpaired) electrons. The van der Waals surface area contributed by atoms with E-state index in [9.17, 15) is 4.79 Å². The number of nitrogens with zero attached hydrogens (tertiary/aromatic N) is 5. The van der Waals surface area contributed by atoms with Gasteiger partial charge in [-0.1, -0.05) is 17.4 Å². The van der Waals surface area contributed by atoms with Gasteiger partial charge in [0.25, 0.3) is 5.91 Å². The van der Waals surface area contributed by atoms with Crippen LogP contribution in [0.3, 0.4) is 0 Å². The van der Waals surface area contributed by atoms with Gasteiger partial charge in [0, 0.05) is 26.3 Å². The summed E-state index contributed by atoms with van der Waals surface area (Å²) < 4.78 is 13.3. The quantitative estimate of drug-likeness (QED) is 0.604. The molecule has 1 aromatic carbocycles. The summed E-state index contributed by atoms with van der Waals surface area (Å²) in [4.78, 5) is 21.8. The molecule has 0 atom stereocenters. The van der Waals surface area contributed by atoms with Crippen LogP contribution in [-0.2, 0) is 7.05 Å². The number of methoxy groups -OCH3 is 2. The first-order chi connectivity index (χ1) is 13.3. The molecule has 28 heavy (non-hydrogen) atoms. The third kappa shape index (κ3) is 3.81. The predicted octanol–water partition coefficient (Wildman–Crippen LogP) is 2.56. The second kappa shape index (κ2) is 8.15. The third-order valence-electron chi connectivity index (χ3n) is 4.38. The Bertz CT molecular complexity index is 995. The maximum atomic E-state index is 13.4. The molecule has 8 nitrogen and oxygen atoms in total. The van der Waals surface area contributed by atoms with Crippen LogP contribution < -0.4 is 14.4 Å². The fourth-order valence-corrected chi connectivity index (χ4v) is 3.95. The molecule has 0 spiro atoms. The minimum absolute atomic E-state index is 0.192. The van der Waals surface area contributed by atoms with Crippen molar-refractivity contribution in [2.45, 2.75) is 6.92 Å². The first-order valence-electron chi connectivity index (χ1n) is 8.84. The molecule has 0 saturated carbocycles. The van der Waals surface area contributed by atoms with Crippen LogP contribution in [-0.4, -0.2) is 67.0 Å². The van der Waals surface area contributed by atoms with Gasteiger partial charge >= 0.3 is 0 Å². The Morgan fingerprint density at radius 3 is 2.61 bits per heavy atom. The van der Waals surface area contributed by atoms with Crippen molar-refractivity contribution in [3.05, 3.63) is 29.5 Å². The second-order valence-electron chi connectivity index (χ2n) is 6.74. The molecular weight excluding hydrogens is 378 g/mol. The molecule has 0 fully saturated rings. The molecule has 0 saturated heterocycles. The monoisotopic (exact) mass is 403 g/mol. The fourth-order valence-electron chi connectivity index (χ4n) is 2.87. The predicted molar refractivity (Wildman–Crippen MR) is 111 cm³/mol. The van der Waals surface area contributed by atoms with E-state index in [1.54, 1.807) is 29.9 Å². The summed E-state index contributed by atoms with van der Waals surface area (Å²) in [5.41, 5.74) is 2.27. The number of amides is 1. The van der Waals surface area contributed by atoms with Gasteiger partial charge in [-0.05, 0) is 32.6 Å². The van der Waals surface area contributed by atoms with Crippen LogP contribution in [0.2, 0.25) is 0 Å². The Kier molecular flexibility index (Phi) is 5.85. The molecule has 2 aromatic heterocycles. The lowest BCUT2D eigenvalue weighted by Crippen LogP contribution is -2.36. The second-order valence-corrected chi connectivity index (χ2v) is 7.72. The number of carbonyl (C=O) groups is 1. The highest BCUT2D eigenvalue weighted by Crippen LogP contribution is 2.37. The Balaban J connectivity index is 2.08. The van der Waals surface area contributed by atoms with Gasteiger partial charge < -0.3 is 14.4 Å². The van der Waals surface area contributed by atoms with E-state index in [1.807, 2.05) is 38.1 Å². The summed E-state index contributed by atoms with van der Waals surface area (Å²) in [5.74, 6) is 0.807. The summed E-state index contributed by atoms with van der Waals surface area (Å²) in [5, 5.41) is 4.83. The zero-order valence-electron chi connectivity index (χ0n) is 17.0. The number of aromatic nitrogens is 3. The van der Waals surface area contributed by atoms with Crippen LogP contribution in [0.15, 0.2) is 18.3 Å². The zero-order chi connectivity index (χ0) is 20.4. The molecule has 0 bridgehead atoms. The molecule has 150 valence electrons. The summed E-state index contributed by atoms with van der Waals surface area (Å²) in [6, 6.07) is 3.90. The van der Waals surface area contributed by atoms with Gasteiger partial charge in [-0.25, -0.2) is 4.98 Å². The van der Waals surface area contributed by atoms with E-state index in [4.69, 9.17) is 14.5 Å². The highest BCUT2D eigenvalue weighted by Gasteiger charge is 2.27. The van der Waals surface area contributed by atoms with Crippen molar-refractivity contribution < 1.29 is 14.3 Å². The van der Waals surface area contributed by atoms with Crippen LogP contribution in [0.4, 0.5) is 5.13 Å². The van der Waals surface area contributed by atoms with Crippen molar-refractivity contribution in [2.75, 3.05) is 46.3 Å². The van der Waals surface area contributed by atoms with Gasteiger partial charge in [-0.3, -0.25) is 14.4 Å². The van der Waals surface area contributed by atoms with Crippen molar-refractivity contribution in [3.63, 3.8) is 0 Å². The summed E-state index contributed by atoms with van der Waals surface area (Å²) >= 11 is 1.48. The fraction of sp³-hybridized carbons (Fsp3) is 0.421. The van der Waals surface area contributed by atoms with Gasteiger partial charge in [0.1, 0.15) is 16.8 Å². The number of aryl methyl sites for hydroxylation is 2. The molecule has 2 heterocycles. The van der Waals surface area contributed by atoms with E-state index < -0.39 is 0 Å².